The van der Waals surface area contributed by atoms with Gasteiger partial charge in [-0.15, -0.1) is 0 Å². The Bertz CT molecular complexity index is 448. The number of carbonyl (C=O) groups is 1. The molecule has 0 unspecified atom stereocenters. The van der Waals surface area contributed by atoms with E-state index in [0.29, 0.717) is 18.0 Å². The highest BCUT2D eigenvalue weighted by atomic mass is 16.5. The Morgan fingerprint density at radius 3 is 2.63 bits per heavy atom. The number of aryl methyl sites for hydroxylation is 1. The molecule has 0 saturated carbocycles. The number of methoxy groups -OCH3 is 1. The van der Waals surface area contributed by atoms with E-state index in [0.717, 1.165) is 30.9 Å². The molecule has 2 rings (SSSR count). The Labute approximate surface area is 114 Å². The number of hydrogen-bond acceptors (Lipinski definition) is 3. The Balaban J connectivity index is 1.90. The number of aromatic nitrogens is 1. The molecule has 1 aliphatic heterocycles. The third kappa shape index (κ3) is 3.10. The Hall–Kier alpha value is -1.49. The molecule has 0 radical (unpaired) electrons. The van der Waals surface area contributed by atoms with Crippen LogP contribution in [0.3, 0.4) is 0 Å². The maximum Gasteiger partial charge on any atom is 0.253 e. The fraction of sp³-hybridized carbons (Fsp3) is 0.643. The van der Waals surface area contributed by atoms with Crippen LogP contribution < -0.4 is 10.1 Å². The third-order valence-corrected chi connectivity index (χ3v) is 3.74. The van der Waals surface area contributed by atoms with E-state index in [1.807, 2.05) is 13.8 Å². The summed E-state index contributed by atoms with van der Waals surface area (Å²) >= 11 is 0. The Morgan fingerprint density at radius 2 is 2.05 bits per heavy atom. The predicted octanol–water partition coefficient (Wildman–Crippen LogP) is 1.47. The van der Waals surface area contributed by atoms with Gasteiger partial charge in [0.05, 0.1) is 12.7 Å². The van der Waals surface area contributed by atoms with Crippen LogP contribution in [0.5, 0.6) is 5.88 Å². The maximum absolute atomic E-state index is 12.2. The summed E-state index contributed by atoms with van der Waals surface area (Å²) in [6.07, 6.45) is 2.56. The molecule has 0 spiro atoms. The monoisotopic (exact) mass is 265 g/mol. The predicted molar refractivity (Wildman–Crippen MR) is 74.8 cm³/mol. The van der Waals surface area contributed by atoms with Crippen LogP contribution in [-0.4, -0.2) is 49.1 Å². The number of H-pyrrole nitrogens is 1. The molecular formula is C14H23N3O2. The van der Waals surface area contributed by atoms with Crippen LogP contribution in [-0.2, 0) is 0 Å². The van der Waals surface area contributed by atoms with Crippen molar-refractivity contribution >= 4 is 5.91 Å². The van der Waals surface area contributed by atoms with E-state index < -0.39 is 0 Å². The maximum atomic E-state index is 12.2. The number of ether oxygens (including phenoxy) is 1. The summed E-state index contributed by atoms with van der Waals surface area (Å²) in [5.74, 6) is 0.649. The first-order valence-electron chi connectivity index (χ1n) is 6.87. The summed E-state index contributed by atoms with van der Waals surface area (Å²) in [4.78, 5) is 17.7. The molecule has 2 heterocycles. The molecular weight excluding hydrogens is 242 g/mol. The molecule has 5 heteroatoms. The molecule has 1 saturated heterocycles. The van der Waals surface area contributed by atoms with Gasteiger partial charge in [-0.3, -0.25) is 4.79 Å². The lowest BCUT2D eigenvalue weighted by molar-refractivity contribution is 0.0948. The largest absolute Gasteiger partial charge is 0.482 e. The van der Waals surface area contributed by atoms with Crippen LogP contribution in [0.25, 0.3) is 0 Å². The molecule has 1 fully saturated rings. The van der Waals surface area contributed by atoms with Crippen molar-refractivity contribution in [3.63, 3.8) is 0 Å². The highest BCUT2D eigenvalue weighted by Gasteiger charge is 2.18. The zero-order valence-corrected chi connectivity index (χ0v) is 12.0. The van der Waals surface area contributed by atoms with Crippen molar-refractivity contribution < 1.29 is 9.53 Å². The topological polar surface area (TPSA) is 57.4 Å². The second kappa shape index (κ2) is 6.10. The van der Waals surface area contributed by atoms with Gasteiger partial charge in [0.25, 0.3) is 5.91 Å². The van der Waals surface area contributed by atoms with Gasteiger partial charge in [-0.2, -0.15) is 0 Å². The molecule has 0 atom stereocenters. The minimum absolute atomic E-state index is 0.0197. The first-order chi connectivity index (χ1) is 9.13. The van der Waals surface area contributed by atoms with E-state index in [1.165, 1.54) is 12.8 Å². The fourth-order valence-electron chi connectivity index (χ4n) is 2.69. The van der Waals surface area contributed by atoms with Gasteiger partial charge in [0.1, 0.15) is 0 Å². The van der Waals surface area contributed by atoms with Gasteiger partial charge in [-0.05, 0) is 39.8 Å². The van der Waals surface area contributed by atoms with E-state index in [2.05, 4.69) is 15.2 Å². The second-order valence-corrected chi connectivity index (χ2v) is 5.09. The highest BCUT2D eigenvalue weighted by Crippen LogP contribution is 2.23. The summed E-state index contributed by atoms with van der Waals surface area (Å²) in [5, 5.41) is 2.99. The van der Waals surface area contributed by atoms with Crippen molar-refractivity contribution in [2.24, 2.45) is 0 Å². The third-order valence-electron chi connectivity index (χ3n) is 3.74. The van der Waals surface area contributed by atoms with Gasteiger partial charge in [0, 0.05) is 24.3 Å². The molecule has 19 heavy (non-hydrogen) atoms. The molecule has 1 amide bonds. The molecule has 1 aromatic rings. The van der Waals surface area contributed by atoms with Crippen molar-refractivity contribution in [3.05, 3.63) is 16.8 Å². The van der Waals surface area contributed by atoms with Crippen molar-refractivity contribution in [3.8, 4) is 5.88 Å². The molecule has 1 aromatic heterocycles. The molecule has 0 bridgehead atoms. The average molecular weight is 265 g/mol. The van der Waals surface area contributed by atoms with Crippen molar-refractivity contribution in [2.45, 2.75) is 26.7 Å². The quantitative estimate of drug-likeness (QED) is 0.847. The van der Waals surface area contributed by atoms with Gasteiger partial charge < -0.3 is 19.9 Å². The van der Waals surface area contributed by atoms with Crippen LogP contribution in [0, 0.1) is 13.8 Å². The van der Waals surface area contributed by atoms with E-state index >= 15 is 0 Å². The normalized spacial score (nSPS) is 15.7. The lowest BCUT2D eigenvalue weighted by atomic mass is 10.1. The lowest BCUT2D eigenvalue weighted by Gasteiger charge is -2.14. The molecule has 0 aromatic carbocycles. The summed E-state index contributed by atoms with van der Waals surface area (Å²) in [6.45, 7) is 7.75. The number of nitrogens with one attached hydrogen (secondary N) is 2. The van der Waals surface area contributed by atoms with Crippen molar-refractivity contribution in [1.82, 2.24) is 15.2 Å². The minimum atomic E-state index is -0.0197. The van der Waals surface area contributed by atoms with Gasteiger partial charge >= 0.3 is 0 Å². The standard InChI is InChI=1S/C14H23N3O2/c1-10-12(11(2)16-14(10)19-3)13(18)15-6-9-17-7-4-5-8-17/h16H,4-9H2,1-3H3,(H,15,18). The number of aromatic amines is 1. The zero-order chi connectivity index (χ0) is 13.8. The molecule has 2 N–H and O–H groups in total. The van der Waals surface area contributed by atoms with Crippen molar-refractivity contribution in [1.29, 1.82) is 0 Å². The van der Waals surface area contributed by atoms with Crippen LogP contribution in [0.2, 0.25) is 0 Å². The van der Waals surface area contributed by atoms with Crippen LogP contribution in [0.1, 0.15) is 34.5 Å². The van der Waals surface area contributed by atoms with Crippen LogP contribution >= 0.6 is 0 Å². The van der Waals surface area contributed by atoms with E-state index in [4.69, 9.17) is 4.74 Å². The Morgan fingerprint density at radius 1 is 1.37 bits per heavy atom. The van der Waals surface area contributed by atoms with Gasteiger partial charge in [0.15, 0.2) is 5.88 Å². The summed E-state index contributed by atoms with van der Waals surface area (Å²) in [5.41, 5.74) is 2.44. The minimum Gasteiger partial charge on any atom is -0.482 e. The number of nitrogens with zero attached hydrogens (tertiary/aromatic N) is 1. The molecule has 106 valence electrons. The van der Waals surface area contributed by atoms with Gasteiger partial charge in [0.2, 0.25) is 0 Å². The molecule has 0 aliphatic carbocycles. The number of likely N-dealkylation sites (tertiary alicyclic amines) is 1. The second-order valence-electron chi connectivity index (χ2n) is 5.09. The lowest BCUT2D eigenvalue weighted by Crippen LogP contribution is -2.33. The zero-order valence-electron chi connectivity index (χ0n) is 12.0. The van der Waals surface area contributed by atoms with Crippen LogP contribution in [0.4, 0.5) is 0 Å². The number of rotatable bonds is 5. The highest BCUT2D eigenvalue weighted by molar-refractivity contribution is 5.97. The van der Waals surface area contributed by atoms with Gasteiger partial charge in [-0.1, -0.05) is 0 Å². The average Bonchev–Trinajstić information content (AvgIpc) is 2.97. The summed E-state index contributed by atoms with van der Waals surface area (Å²) < 4.78 is 5.20. The number of amides is 1. The first-order valence-corrected chi connectivity index (χ1v) is 6.87. The number of hydrogen-bond donors (Lipinski definition) is 2. The van der Waals surface area contributed by atoms with Crippen LogP contribution in [0.15, 0.2) is 0 Å². The van der Waals surface area contributed by atoms with E-state index in [1.54, 1.807) is 7.11 Å². The SMILES string of the molecule is COc1[nH]c(C)c(C(=O)NCCN2CCCC2)c1C. The number of carbonyl (C=O) groups excluding carboxylic acids is 1. The fourth-order valence-corrected chi connectivity index (χ4v) is 2.69. The van der Waals surface area contributed by atoms with E-state index in [9.17, 15) is 4.79 Å². The van der Waals surface area contributed by atoms with E-state index in [-0.39, 0.29) is 5.91 Å². The smallest absolute Gasteiger partial charge is 0.253 e. The Kier molecular flexibility index (Phi) is 4.47. The molecule has 1 aliphatic rings. The summed E-state index contributed by atoms with van der Waals surface area (Å²) in [7, 11) is 1.60. The van der Waals surface area contributed by atoms with Gasteiger partial charge in [-0.25, -0.2) is 0 Å². The summed E-state index contributed by atoms with van der Waals surface area (Å²) in [6, 6.07) is 0. The first kappa shape index (κ1) is 13.9. The molecule has 5 nitrogen and oxygen atoms in total. The van der Waals surface area contributed by atoms with Crippen molar-refractivity contribution in [2.75, 3.05) is 33.3 Å².